The second kappa shape index (κ2) is 7.56. The smallest absolute Gasteiger partial charge is 0.138 e. The summed E-state index contributed by atoms with van der Waals surface area (Å²) < 4.78 is 18.9. The van der Waals surface area contributed by atoms with Gasteiger partial charge in [0.1, 0.15) is 18.2 Å². The van der Waals surface area contributed by atoms with Crippen LogP contribution in [0.1, 0.15) is 11.1 Å². The van der Waals surface area contributed by atoms with Crippen molar-refractivity contribution in [2.45, 2.75) is 6.61 Å². The number of hydrogen-bond donors (Lipinski definition) is 0. The Morgan fingerprint density at radius 1 is 1.05 bits per heavy atom. The Kier molecular flexibility index (Phi) is 5.76. The van der Waals surface area contributed by atoms with E-state index in [4.69, 9.17) is 39.5 Å². The summed E-state index contributed by atoms with van der Waals surface area (Å²) in [6.07, 6.45) is 0. The highest BCUT2D eigenvalue weighted by molar-refractivity contribution is 6.42. The molecule has 0 bridgehead atoms. The second-order valence-corrected chi connectivity index (χ2v) is 5.19. The van der Waals surface area contributed by atoms with E-state index in [0.29, 0.717) is 21.4 Å². The second-order valence-electron chi connectivity index (χ2n) is 4.11. The summed E-state index contributed by atoms with van der Waals surface area (Å²) in [6.45, 7) is 0.232. The highest BCUT2D eigenvalue weighted by Gasteiger charge is 2.05. The lowest BCUT2D eigenvalue weighted by molar-refractivity contribution is 0.304. The van der Waals surface area contributed by atoms with Gasteiger partial charge in [0.05, 0.1) is 21.5 Å². The zero-order valence-electron chi connectivity index (χ0n) is 10.8. The topological polar surface area (TPSA) is 9.23 Å². The molecule has 0 fully saturated rings. The summed E-state index contributed by atoms with van der Waals surface area (Å²) in [7, 11) is 0. The molecule has 0 aromatic heterocycles. The molecule has 0 amide bonds. The first-order valence-electron chi connectivity index (χ1n) is 6.01. The monoisotopic (exact) mass is 342 g/mol. The van der Waals surface area contributed by atoms with Crippen molar-refractivity contribution >= 4 is 34.8 Å². The maximum Gasteiger partial charge on any atom is 0.138 e. The molecule has 0 saturated heterocycles. The van der Waals surface area contributed by atoms with Crippen molar-refractivity contribution in [1.82, 2.24) is 0 Å². The van der Waals surface area contributed by atoms with Crippen molar-refractivity contribution < 1.29 is 9.13 Å². The summed E-state index contributed by atoms with van der Waals surface area (Å²) in [4.78, 5) is 0. The molecule has 21 heavy (non-hydrogen) atoms. The molecule has 0 aliphatic carbocycles. The Balaban J connectivity index is 2.18. The normalized spacial score (nSPS) is 9.90. The van der Waals surface area contributed by atoms with Crippen LogP contribution in [0.3, 0.4) is 0 Å². The third-order valence-electron chi connectivity index (χ3n) is 2.61. The van der Waals surface area contributed by atoms with Crippen LogP contribution in [0.25, 0.3) is 0 Å². The molecular weight excluding hydrogens is 334 g/mol. The molecule has 0 unspecified atom stereocenters. The molecule has 5 heteroatoms. The average molecular weight is 344 g/mol. The summed E-state index contributed by atoms with van der Waals surface area (Å²) >= 11 is 17.3. The van der Waals surface area contributed by atoms with Gasteiger partial charge in [0.15, 0.2) is 0 Å². The molecule has 2 aromatic carbocycles. The first-order chi connectivity index (χ1) is 10.1. The number of rotatable bonds is 3. The maximum atomic E-state index is 13.3. The minimum absolute atomic E-state index is 0.198. The van der Waals surface area contributed by atoms with Gasteiger partial charge in [-0.25, -0.2) is 4.39 Å². The Hall–Kier alpha value is -1.40. The number of hydrogen-bond acceptors (Lipinski definition) is 1. The van der Waals surface area contributed by atoms with Crippen LogP contribution >= 0.6 is 34.8 Å². The van der Waals surface area contributed by atoms with Gasteiger partial charge in [-0.1, -0.05) is 41.1 Å². The van der Waals surface area contributed by atoms with Crippen LogP contribution in [0.4, 0.5) is 4.39 Å². The van der Waals surface area contributed by atoms with Crippen LogP contribution in [0.5, 0.6) is 5.75 Å². The molecule has 0 saturated carbocycles. The molecule has 2 aromatic rings. The fourth-order valence-corrected chi connectivity index (χ4v) is 2.03. The van der Waals surface area contributed by atoms with Crippen molar-refractivity contribution in [3.63, 3.8) is 0 Å². The van der Waals surface area contributed by atoms with E-state index in [9.17, 15) is 4.39 Å². The Morgan fingerprint density at radius 3 is 2.57 bits per heavy atom. The van der Waals surface area contributed by atoms with Gasteiger partial charge in [-0.05, 0) is 29.8 Å². The van der Waals surface area contributed by atoms with Crippen molar-refractivity contribution in [3.05, 3.63) is 63.4 Å². The summed E-state index contributed by atoms with van der Waals surface area (Å²) in [5.41, 5.74) is 1.40. The third-order valence-corrected chi connectivity index (χ3v) is 3.48. The fraction of sp³-hybridized carbons (Fsp3) is 0.125. The molecule has 1 nitrogen and oxygen atoms in total. The molecule has 0 heterocycles. The van der Waals surface area contributed by atoms with Crippen LogP contribution < -0.4 is 4.74 Å². The molecule has 0 atom stereocenters. The van der Waals surface area contributed by atoms with E-state index in [1.54, 1.807) is 24.3 Å². The average Bonchev–Trinajstić information content (AvgIpc) is 2.47. The van der Waals surface area contributed by atoms with E-state index < -0.39 is 5.82 Å². The summed E-state index contributed by atoms with van der Waals surface area (Å²) in [6, 6.07) is 9.34. The standard InChI is InChI=1S/C16H10Cl3FO/c17-7-1-2-12-4-5-13(20)9-16(12)21-10-11-3-6-14(18)15(19)8-11/h3-6,8-9H,7,10H2. The summed E-state index contributed by atoms with van der Waals surface area (Å²) in [5.74, 6) is 5.70. The number of benzene rings is 2. The predicted molar refractivity (Wildman–Crippen MR) is 84.8 cm³/mol. The van der Waals surface area contributed by atoms with Gasteiger partial charge in [-0.3, -0.25) is 0 Å². The quantitative estimate of drug-likeness (QED) is 0.542. The zero-order chi connectivity index (χ0) is 15.2. The first-order valence-corrected chi connectivity index (χ1v) is 7.30. The maximum absolute atomic E-state index is 13.3. The first kappa shape index (κ1) is 16.0. The van der Waals surface area contributed by atoms with Crippen LogP contribution in [0.15, 0.2) is 36.4 Å². The minimum Gasteiger partial charge on any atom is -0.487 e. The number of ether oxygens (including phenoxy) is 1. The Labute approximate surface area is 137 Å². The summed E-state index contributed by atoms with van der Waals surface area (Å²) in [5, 5.41) is 0.916. The van der Waals surface area contributed by atoms with Crippen molar-refractivity contribution in [1.29, 1.82) is 0 Å². The van der Waals surface area contributed by atoms with Crippen molar-refractivity contribution in [2.24, 2.45) is 0 Å². The van der Waals surface area contributed by atoms with E-state index in [-0.39, 0.29) is 12.5 Å². The van der Waals surface area contributed by atoms with Crippen LogP contribution in [-0.2, 0) is 6.61 Å². The number of alkyl halides is 1. The van der Waals surface area contributed by atoms with E-state index in [1.165, 1.54) is 12.1 Å². The van der Waals surface area contributed by atoms with Crippen molar-refractivity contribution in [2.75, 3.05) is 5.88 Å². The lowest BCUT2D eigenvalue weighted by atomic mass is 10.2. The van der Waals surface area contributed by atoms with E-state index in [2.05, 4.69) is 11.8 Å². The zero-order valence-corrected chi connectivity index (χ0v) is 13.1. The van der Waals surface area contributed by atoms with Gasteiger partial charge in [0.2, 0.25) is 0 Å². The molecule has 0 aliphatic heterocycles. The molecule has 0 N–H and O–H groups in total. The number of halogens is 4. The SMILES string of the molecule is Fc1ccc(C#CCCl)c(OCc2ccc(Cl)c(Cl)c2)c1. The largest absolute Gasteiger partial charge is 0.487 e. The van der Waals surface area contributed by atoms with E-state index in [0.717, 1.165) is 5.56 Å². The molecule has 0 aliphatic rings. The molecule has 2 rings (SSSR count). The lowest BCUT2D eigenvalue weighted by Crippen LogP contribution is -1.98. The van der Waals surface area contributed by atoms with E-state index >= 15 is 0 Å². The van der Waals surface area contributed by atoms with Gasteiger partial charge in [0, 0.05) is 6.07 Å². The predicted octanol–water partition coefficient (Wildman–Crippen LogP) is 5.30. The highest BCUT2D eigenvalue weighted by Crippen LogP contribution is 2.24. The molecule has 0 spiro atoms. The van der Waals surface area contributed by atoms with Gasteiger partial charge in [-0.2, -0.15) is 0 Å². The fourth-order valence-electron chi connectivity index (χ4n) is 1.64. The Morgan fingerprint density at radius 2 is 1.86 bits per heavy atom. The van der Waals surface area contributed by atoms with Gasteiger partial charge < -0.3 is 4.74 Å². The lowest BCUT2D eigenvalue weighted by Gasteiger charge is -2.09. The minimum atomic E-state index is -0.393. The Bertz CT molecular complexity index is 704. The molecule has 0 radical (unpaired) electrons. The van der Waals surface area contributed by atoms with Crippen LogP contribution in [0, 0.1) is 17.7 Å². The van der Waals surface area contributed by atoms with E-state index in [1.807, 2.05) is 0 Å². The van der Waals surface area contributed by atoms with Gasteiger partial charge >= 0.3 is 0 Å². The van der Waals surface area contributed by atoms with Crippen LogP contribution in [-0.4, -0.2) is 5.88 Å². The van der Waals surface area contributed by atoms with Gasteiger partial charge in [-0.15, -0.1) is 11.6 Å². The highest BCUT2D eigenvalue weighted by atomic mass is 35.5. The van der Waals surface area contributed by atoms with Crippen molar-refractivity contribution in [3.8, 4) is 17.6 Å². The van der Waals surface area contributed by atoms with Crippen LogP contribution in [0.2, 0.25) is 10.0 Å². The third kappa shape index (κ3) is 4.54. The van der Waals surface area contributed by atoms with Gasteiger partial charge in [0.25, 0.3) is 0 Å². The molecule has 108 valence electrons. The molecular formula is C16H10Cl3FO.